The molecule has 1 N–H and O–H groups in total. The van der Waals surface area contributed by atoms with Crippen LogP contribution in [0.4, 0.5) is 4.39 Å². The molecule has 0 amide bonds. The van der Waals surface area contributed by atoms with Crippen LogP contribution >= 0.6 is 0 Å². The van der Waals surface area contributed by atoms with Gasteiger partial charge in [0.25, 0.3) is 0 Å². The summed E-state index contributed by atoms with van der Waals surface area (Å²) in [4.78, 5) is 0. The first-order valence-electron chi connectivity index (χ1n) is 6.40. The number of hydrogen-bond donors (Lipinski definition) is 1. The standard InChI is InChI=1S/C15H18FN/c1-10-2-3-12-8-17-9-14(12)15(10)11-4-6-13(16)7-5-11/h2-7,10,12,14-15,17H,8-9H2,1H3. The molecule has 0 aromatic heterocycles. The molecule has 1 aliphatic heterocycles. The van der Waals surface area contributed by atoms with Crippen LogP contribution in [0.1, 0.15) is 18.4 Å². The van der Waals surface area contributed by atoms with E-state index in [9.17, 15) is 4.39 Å². The van der Waals surface area contributed by atoms with Crippen molar-refractivity contribution in [3.05, 3.63) is 47.8 Å². The van der Waals surface area contributed by atoms with E-state index in [0.717, 1.165) is 13.1 Å². The van der Waals surface area contributed by atoms with Crippen molar-refractivity contribution in [2.75, 3.05) is 13.1 Å². The van der Waals surface area contributed by atoms with Crippen molar-refractivity contribution in [1.82, 2.24) is 5.32 Å². The predicted molar refractivity (Wildman–Crippen MR) is 67.3 cm³/mol. The Bertz CT molecular complexity index is 423. The third kappa shape index (κ3) is 1.91. The summed E-state index contributed by atoms with van der Waals surface area (Å²) in [5.41, 5.74) is 1.28. The van der Waals surface area contributed by atoms with Crippen LogP contribution in [0, 0.1) is 23.6 Å². The summed E-state index contributed by atoms with van der Waals surface area (Å²) in [7, 11) is 0. The van der Waals surface area contributed by atoms with E-state index in [4.69, 9.17) is 0 Å². The Labute approximate surface area is 102 Å². The van der Waals surface area contributed by atoms with Crippen molar-refractivity contribution in [2.24, 2.45) is 17.8 Å². The Balaban J connectivity index is 1.94. The first kappa shape index (κ1) is 11.0. The van der Waals surface area contributed by atoms with Crippen LogP contribution in [0.5, 0.6) is 0 Å². The van der Waals surface area contributed by atoms with Gasteiger partial charge in [-0.3, -0.25) is 0 Å². The van der Waals surface area contributed by atoms with E-state index in [1.54, 1.807) is 12.1 Å². The Hall–Kier alpha value is -1.15. The molecular formula is C15H18FN. The lowest BCUT2D eigenvalue weighted by atomic mass is 9.69. The molecule has 2 aliphatic rings. The maximum Gasteiger partial charge on any atom is 0.123 e. The highest BCUT2D eigenvalue weighted by Gasteiger charge is 2.37. The van der Waals surface area contributed by atoms with Gasteiger partial charge in [0, 0.05) is 6.54 Å². The molecule has 1 saturated heterocycles. The van der Waals surface area contributed by atoms with E-state index in [1.807, 2.05) is 12.1 Å². The lowest BCUT2D eigenvalue weighted by molar-refractivity contribution is 0.324. The van der Waals surface area contributed by atoms with Crippen molar-refractivity contribution in [3.63, 3.8) is 0 Å². The molecule has 1 nitrogen and oxygen atoms in total. The highest BCUT2D eigenvalue weighted by Crippen LogP contribution is 2.42. The summed E-state index contributed by atoms with van der Waals surface area (Å²) in [5, 5.41) is 3.47. The van der Waals surface area contributed by atoms with Gasteiger partial charge in [0.05, 0.1) is 0 Å². The van der Waals surface area contributed by atoms with Crippen LogP contribution < -0.4 is 5.32 Å². The smallest absolute Gasteiger partial charge is 0.123 e. The first-order chi connectivity index (χ1) is 8.25. The van der Waals surface area contributed by atoms with Crippen LogP contribution in [0.15, 0.2) is 36.4 Å². The van der Waals surface area contributed by atoms with Gasteiger partial charge in [0.1, 0.15) is 5.82 Å². The highest BCUT2D eigenvalue weighted by atomic mass is 19.1. The van der Waals surface area contributed by atoms with Crippen LogP contribution in [0.3, 0.4) is 0 Å². The Morgan fingerprint density at radius 3 is 2.65 bits per heavy atom. The fourth-order valence-corrected chi connectivity index (χ4v) is 3.39. The molecule has 0 spiro atoms. The maximum absolute atomic E-state index is 13.0. The molecule has 2 heteroatoms. The molecule has 1 aromatic carbocycles. The Morgan fingerprint density at radius 2 is 1.88 bits per heavy atom. The Morgan fingerprint density at radius 1 is 1.12 bits per heavy atom. The van der Waals surface area contributed by atoms with Gasteiger partial charge in [0.2, 0.25) is 0 Å². The molecule has 17 heavy (non-hydrogen) atoms. The summed E-state index contributed by atoms with van der Waals surface area (Å²) in [5.74, 6) is 2.25. The van der Waals surface area contributed by atoms with Gasteiger partial charge in [-0.2, -0.15) is 0 Å². The minimum Gasteiger partial charge on any atom is -0.316 e. The van der Waals surface area contributed by atoms with E-state index < -0.39 is 0 Å². The fraction of sp³-hybridized carbons (Fsp3) is 0.467. The monoisotopic (exact) mass is 231 g/mol. The highest BCUT2D eigenvalue weighted by molar-refractivity contribution is 5.27. The number of halogens is 1. The van der Waals surface area contributed by atoms with E-state index in [1.165, 1.54) is 5.56 Å². The fourth-order valence-electron chi connectivity index (χ4n) is 3.39. The minimum absolute atomic E-state index is 0.145. The molecule has 90 valence electrons. The number of fused-ring (bicyclic) bond motifs is 1. The molecule has 0 saturated carbocycles. The van der Waals surface area contributed by atoms with Gasteiger partial charge in [-0.05, 0) is 47.9 Å². The average molecular weight is 231 g/mol. The van der Waals surface area contributed by atoms with Crippen molar-refractivity contribution in [2.45, 2.75) is 12.8 Å². The second-order valence-corrected chi connectivity index (χ2v) is 5.31. The third-order valence-corrected chi connectivity index (χ3v) is 4.25. The molecule has 0 radical (unpaired) electrons. The molecule has 1 aliphatic carbocycles. The van der Waals surface area contributed by atoms with Crippen LogP contribution in [-0.2, 0) is 0 Å². The van der Waals surface area contributed by atoms with E-state index >= 15 is 0 Å². The summed E-state index contributed by atoms with van der Waals surface area (Å²) in [6, 6.07) is 7.06. The lowest BCUT2D eigenvalue weighted by Crippen LogP contribution is -2.28. The van der Waals surface area contributed by atoms with Crippen LogP contribution in [0.25, 0.3) is 0 Å². The summed E-state index contributed by atoms with van der Waals surface area (Å²) < 4.78 is 13.0. The van der Waals surface area contributed by atoms with Crippen LogP contribution in [0.2, 0.25) is 0 Å². The van der Waals surface area contributed by atoms with Crippen LogP contribution in [-0.4, -0.2) is 13.1 Å². The summed E-state index contributed by atoms with van der Waals surface area (Å²) >= 11 is 0. The SMILES string of the molecule is CC1C=CC2CNCC2C1c1ccc(F)cc1. The van der Waals surface area contributed by atoms with Gasteiger partial charge >= 0.3 is 0 Å². The number of allylic oxidation sites excluding steroid dienone is 1. The minimum atomic E-state index is -0.145. The average Bonchev–Trinajstić information content (AvgIpc) is 2.79. The zero-order valence-corrected chi connectivity index (χ0v) is 10.1. The largest absolute Gasteiger partial charge is 0.316 e. The summed E-state index contributed by atoms with van der Waals surface area (Å²) in [6.45, 7) is 4.44. The van der Waals surface area contributed by atoms with Gasteiger partial charge < -0.3 is 5.32 Å². The predicted octanol–water partition coefficient (Wildman–Crippen LogP) is 2.95. The zero-order chi connectivity index (χ0) is 11.8. The number of nitrogens with one attached hydrogen (secondary N) is 1. The van der Waals surface area contributed by atoms with Gasteiger partial charge in [-0.15, -0.1) is 0 Å². The Kier molecular flexibility index (Phi) is 2.75. The van der Waals surface area contributed by atoms with Gasteiger partial charge in [-0.1, -0.05) is 31.2 Å². The first-order valence-corrected chi connectivity index (χ1v) is 6.40. The zero-order valence-electron chi connectivity index (χ0n) is 10.1. The molecule has 3 rings (SSSR count). The lowest BCUT2D eigenvalue weighted by Gasteiger charge is -2.34. The van der Waals surface area contributed by atoms with Crippen molar-refractivity contribution >= 4 is 0 Å². The number of benzene rings is 1. The third-order valence-electron chi connectivity index (χ3n) is 4.25. The van der Waals surface area contributed by atoms with E-state index in [-0.39, 0.29) is 5.82 Å². The molecule has 4 atom stereocenters. The van der Waals surface area contributed by atoms with Crippen molar-refractivity contribution in [1.29, 1.82) is 0 Å². The summed E-state index contributed by atoms with van der Waals surface area (Å²) in [6.07, 6.45) is 4.68. The van der Waals surface area contributed by atoms with Gasteiger partial charge in [-0.25, -0.2) is 4.39 Å². The quantitative estimate of drug-likeness (QED) is 0.733. The van der Waals surface area contributed by atoms with E-state index in [0.29, 0.717) is 23.7 Å². The second kappa shape index (κ2) is 4.26. The molecule has 1 fully saturated rings. The molecular weight excluding hydrogens is 213 g/mol. The van der Waals surface area contributed by atoms with E-state index in [2.05, 4.69) is 24.4 Å². The van der Waals surface area contributed by atoms with Crippen molar-refractivity contribution < 1.29 is 4.39 Å². The molecule has 4 unspecified atom stereocenters. The topological polar surface area (TPSA) is 12.0 Å². The normalized spacial score (nSPS) is 35.9. The number of hydrogen-bond acceptors (Lipinski definition) is 1. The second-order valence-electron chi connectivity index (χ2n) is 5.31. The molecule has 1 heterocycles. The molecule has 1 aromatic rings. The maximum atomic E-state index is 13.0. The van der Waals surface area contributed by atoms with Gasteiger partial charge in [0.15, 0.2) is 0 Å². The number of rotatable bonds is 1. The van der Waals surface area contributed by atoms with Crippen molar-refractivity contribution in [3.8, 4) is 0 Å². The molecule has 0 bridgehead atoms.